The van der Waals surface area contributed by atoms with E-state index in [0.717, 1.165) is 32.5 Å². The number of hydrogen-bond acceptors (Lipinski definition) is 3. The second-order valence-electron chi connectivity index (χ2n) is 5.84. The molecule has 1 aromatic rings. The van der Waals surface area contributed by atoms with Crippen molar-refractivity contribution in [1.29, 1.82) is 0 Å². The molecule has 3 nitrogen and oxygen atoms in total. The van der Waals surface area contributed by atoms with Gasteiger partial charge in [0.05, 0.1) is 6.10 Å². The predicted molar refractivity (Wildman–Crippen MR) is 79.0 cm³/mol. The highest BCUT2D eigenvalue weighted by atomic mass is 16.3. The van der Waals surface area contributed by atoms with Crippen LogP contribution >= 0.6 is 0 Å². The first kappa shape index (κ1) is 14.5. The van der Waals surface area contributed by atoms with E-state index in [1.807, 2.05) is 6.92 Å². The van der Waals surface area contributed by atoms with Gasteiger partial charge in [-0.2, -0.15) is 0 Å². The Bertz CT molecular complexity index is 405. The molecule has 0 aliphatic carbocycles. The van der Waals surface area contributed by atoms with Crippen LogP contribution in [0.5, 0.6) is 0 Å². The zero-order chi connectivity index (χ0) is 13.8. The van der Waals surface area contributed by atoms with Crippen molar-refractivity contribution in [3.8, 4) is 0 Å². The topological polar surface area (TPSA) is 49.5 Å². The fourth-order valence-electron chi connectivity index (χ4n) is 2.94. The fourth-order valence-corrected chi connectivity index (χ4v) is 2.94. The van der Waals surface area contributed by atoms with Gasteiger partial charge < -0.3 is 15.7 Å². The molecule has 3 atom stereocenters. The van der Waals surface area contributed by atoms with Crippen LogP contribution in [0.1, 0.15) is 36.9 Å². The molecule has 0 aromatic heterocycles. The fraction of sp³-hybridized carbons (Fsp3) is 0.625. The van der Waals surface area contributed by atoms with Crippen LogP contribution in [-0.2, 0) is 0 Å². The molecule has 0 saturated carbocycles. The standard InChI is InChI=1S/C16H26N2O/c1-12-5-3-4-6-15(12)16(17)8-10-18-9-7-14(11-18)13(2)19/h3-6,13-14,16,19H,7-11,17H2,1-2H3. The number of likely N-dealkylation sites (tertiary alicyclic amines) is 1. The van der Waals surface area contributed by atoms with Crippen molar-refractivity contribution in [2.24, 2.45) is 11.7 Å². The molecule has 1 heterocycles. The second-order valence-corrected chi connectivity index (χ2v) is 5.84. The lowest BCUT2D eigenvalue weighted by Crippen LogP contribution is -2.27. The third kappa shape index (κ3) is 3.78. The minimum Gasteiger partial charge on any atom is -0.393 e. The molecule has 106 valence electrons. The largest absolute Gasteiger partial charge is 0.393 e. The third-order valence-electron chi connectivity index (χ3n) is 4.34. The maximum Gasteiger partial charge on any atom is 0.0552 e. The van der Waals surface area contributed by atoms with E-state index >= 15 is 0 Å². The Morgan fingerprint density at radius 2 is 2.16 bits per heavy atom. The van der Waals surface area contributed by atoms with Crippen LogP contribution in [0.15, 0.2) is 24.3 Å². The smallest absolute Gasteiger partial charge is 0.0552 e. The van der Waals surface area contributed by atoms with Crippen LogP contribution in [0.25, 0.3) is 0 Å². The Morgan fingerprint density at radius 3 is 2.79 bits per heavy atom. The lowest BCUT2D eigenvalue weighted by Gasteiger charge is -2.20. The summed E-state index contributed by atoms with van der Waals surface area (Å²) in [5.74, 6) is 0.440. The van der Waals surface area contributed by atoms with E-state index in [-0.39, 0.29) is 12.1 Å². The van der Waals surface area contributed by atoms with Crippen molar-refractivity contribution in [3.63, 3.8) is 0 Å². The molecule has 1 aromatic carbocycles. The minimum atomic E-state index is -0.185. The molecule has 3 N–H and O–H groups in total. The van der Waals surface area contributed by atoms with Crippen molar-refractivity contribution < 1.29 is 5.11 Å². The molecule has 3 heteroatoms. The average molecular weight is 262 g/mol. The number of benzene rings is 1. The van der Waals surface area contributed by atoms with Gasteiger partial charge in [-0.25, -0.2) is 0 Å². The van der Waals surface area contributed by atoms with E-state index in [2.05, 4.69) is 36.1 Å². The summed E-state index contributed by atoms with van der Waals surface area (Å²) in [6.45, 7) is 7.15. The molecule has 19 heavy (non-hydrogen) atoms. The van der Waals surface area contributed by atoms with Gasteiger partial charge in [0.2, 0.25) is 0 Å². The molecule has 0 spiro atoms. The normalized spacial score (nSPS) is 23.5. The summed E-state index contributed by atoms with van der Waals surface area (Å²) in [4.78, 5) is 2.43. The van der Waals surface area contributed by atoms with Gasteiger partial charge in [0.25, 0.3) is 0 Å². The molecule has 1 aliphatic rings. The van der Waals surface area contributed by atoms with E-state index < -0.39 is 0 Å². The van der Waals surface area contributed by atoms with Gasteiger partial charge in [-0.1, -0.05) is 24.3 Å². The molecule has 1 saturated heterocycles. The van der Waals surface area contributed by atoms with Crippen LogP contribution in [0.3, 0.4) is 0 Å². The van der Waals surface area contributed by atoms with Gasteiger partial charge in [-0.05, 0) is 56.8 Å². The van der Waals surface area contributed by atoms with E-state index in [1.165, 1.54) is 11.1 Å². The lowest BCUT2D eigenvalue weighted by molar-refractivity contribution is 0.127. The summed E-state index contributed by atoms with van der Waals surface area (Å²) < 4.78 is 0. The molecule has 1 aliphatic heterocycles. The molecule has 0 bridgehead atoms. The highest BCUT2D eigenvalue weighted by molar-refractivity contribution is 5.28. The van der Waals surface area contributed by atoms with Crippen LogP contribution < -0.4 is 5.73 Å². The van der Waals surface area contributed by atoms with Crippen LogP contribution in [0, 0.1) is 12.8 Å². The number of hydrogen-bond donors (Lipinski definition) is 2. The van der Waals surface area contributed by atoms with Crippen LogP contribution in [0.4, 0.5) is 0 Å². The molecule has 1 fully saturated rings. The Morgan fingerprint density at radius 1 is 1.42 bits per heavy atom. The minimum absolute atomic E-state index is 0.117. The van der Waals surface area contributed by atoms with E-state index in [4.69, 9.17) is 5.73 Å². The zero-order valence-corrected chi connectivity index (χ0v) is 12.0. The van der Waals surface area contributed by atoms with E-state index in [1.54, 1.807) is 0 Å². The van der Waals surface area contributed by atoms with Crippen molar-refractivity contribution in [3.05, 3.63) is 35.4 Å². The van der Waals surface area contributed by atoms with E-state index in [0.29, 0.717) is 5.92 Å². The Labute approximate surface area is 116 Å². The molecule has 0 amide bonds. The first-order valence-corrected chi connectivity index (χ1v) is 7.29. The highest BCUT2D eigenvalue weighted by Crippen LogP contribution is 2.22. The lowest BCUT2D eigenvalue weighted by atomic mass is 9.99. The average Bonchev–Trinajstić information content (AvgIpc) is 2.85. The predicted octanol–water partition coefficient (Wildman–Crippen LogP) is 2.09. The van der Waals surface area contributed by atoms with Gasteiger partial charge >= 0.3 is 0 Å². The number of nitrogens with two attached hydrogens (primary N) is 1. The van der Waals surface area contributed by atoms with Gasteiger partial charge in [0, 0.05) is 12.6 Å². The second kappa shape index (κ2) is 6.51. The van der Waals surface area contributed by atoms with Gasteiger partial charge in [0.1, 0.15) is 0 Å². The van der Waals surface area contributed by atoms with Crippen LogP contribution in [0.2, 0.25) is 0 Å². The number of rotatable bonds is 5. The number of aliphatic hydroxyl groups is 1. The highest BCUT2D eigenvalue weighted by Gasteiger charge is 2.25. The first-order chi connectivity index (χ1) is 9.08. The summed E-state index contributed by atoms with van der Waals surface area (Å²) in [6.07, 6.45) is 1.91. The first-order valence-electron chi connectivity index (χ1n) is 7.29. The van der Waals surface area contributed by atoms with E-state index in [9.17, 15) is 5.11 Å². The van der Waals surface area contributed by atoms with Crippen molar-refractivity contribution >= 4 is 0 Å². The molecular formula is C16H26N2O. The third-order valence-corrected chi connectivity index (χ3v) is 4.34. The monoisotopic (exact) mass is 262 g/mol. The van der Waals surface area contributed by atoms with Gasteiger partial charge in [-0.3, -0.25) is 0 Å². The van der Waals surface area contributed by atoms with Gasteiger partial charge in [-0.15, -0.1) is 0 Å². The molecular weight excluding hydrogens is 236 g/mol. The Balaban J connectivity index is 1.82. The van der Waals surface area contributed by atoms with Crippen molar-refractivity contribution in [1.82, 2.24) is 4.90 Å². The van der Waals surface area contributed by atoms with Gasteiger partial charge in [0.15, 0.2) is 0 Å². The summed E-state index contributed by atoms with van der Waals surface area (Å²) in [5.41, 5.74) is 8.83. The Kier molecular flexibility index (Phi) is 4.97. The SMILES string of the molecule is Cc1ccccc1C(N)CCN1CCC(C(C)O)C1. The maximum atomic E-state index is 9.61. The maximum absolute atomic E-state index is 9.61. The Hall–Kier alpha value is -0.900. The van der Waals surface area contributed by atoms with Crippen LogP contribution in [-0.4, -0.2) is 35.7 Å². The number of aliphatic hydroxyl groups excluding tert-OH is 1. The summed E-state index contributed by atoms with van der Waals surface area (Å²) in [5, 5.41) is 9.61. The summed E-state index contributed by atoms with van der Waals surface area (Å²) >= 11 is 0. The summed E-state index contributed by atoms with van der Waals surface area (Å²) in [7, 11) is 0. The molecule has 2 rings (SSSR count). The summed E-state index contributed by atoms with van der Waals surface area (Å²) in [6, 6.07) is 8.48. The molecule has 0 radical (unpaired) electrons. The quantitative estimate of drug-likeness (QED) is 0.854. The van der Waals surface area contributed by atoms with Crippen molar-refractivity contribution in [2.45, 2.75) is 38.8 Å². The number of nitrogens with zero attached hydrogens (tertiary/aromatic N) is 1. The zero-order valence-electron chi connectivity index (χ0n) is 12.0. The number of aryl methyl sites for hydroxylation is 1. The molecule has 3 unspecified atom stereocenters. The van der Waals surface area contributed by atoms with Crippen molar-refractivity contribution in [2.75, 3.05) is 19.6 Å².